The van der Waals surface area contributed by atoms with E-state index >= 15 is 0 Å². The fourth-order valence-corrected chi connectivity index (χ4v) is 3.28. The first-order valence-corrected chi connectivity index (χ1v) is 7.51. The minimum absolute atomic E-state index is 0.0131. The number of hydrogen-bond acceptors (Lipinski definition) is 4. The third-order valence-corrected chi connectivity index (χ3v) is 4.40. The lowest BCUT2D eigenvalue weighted by Crippen LogP contribution is -2.37. The molecule has 1 heterocycles. The van der Waals surface area contributed by atoms with Crippen molar-refractivity contribution in [2.75, 3.05) is 43.6 Å². The van der Waals surface area contributed by atoms with Gasteiger partial charge in [0.25, 0.3) is 5.91 Å². The van der Waals surface area contributed by atoms with E-state index in [1.165, 1.54) is 0 Å². The van der Waals surface area contributed by atoms with E-state index in [1.54, 1.807) is 25.1 Å². The van der Waals surface area contributed by atoms with Crippen LogP contribution in [0, 0.1) is 0 Å². The van der Waals surface area contributed by atoms with Gasteiger partial charge in [0, 0.05) is 43.8 Å². The predicted molar refractivity (Wildman–Crippen MR) is 83.0 cm³/mol. The van der Waals surface area contributed by atoms with Gasteiger partial charge < -0.3 is 15.5 Å². The first-order valence-electron chi connectivity index (χ1n) is 6.46. The zero-order valence-corrected chi connectivity index (χ0v) is 12.5. The van der Waals surface area contributed by atoms with Crippen LogP contribution >= 0.6 is 11.8 Å². The van der Waals surface area contributed by atoms with Gasteiger partial charge in [-0.05, 0) is 18.2 Å². The van der Waals surface area contributed by atoms with Gasteiger partial charge in [-0.15, -0.1) is 0 Å². The lowest BCUT2D eigenvalue weighted by Gasteiger charge is -2.33. The molecule has 1 aliphatic heterocycles. The van der Waals surface area contributed by atoms with Gasteiger partial charge in [-0.25, -0.2) is 0 Å². The molecule has 4 nitrogen and oxygen atoms in total. The Morgan fingerprint density at radius 1 is 1.47 bits per heavy atom. The molecule has 0 bridgehead atoms. The summed E-state index contributed by atoms with van der Waals surface area (Å²) in [4.78, 5) is 15.8. The summed E-state index contributed by atoms with van der Waals surface area (Å²) in [6.45, 7) is 4.26. The molecule has 1 aliphatic rings. The molecule has 1 fully saturated rings. The van der Waals surface area contributed by atoms with Crippen molar-refractivity contribution >= 4 is 29.0 Å². The number of hydrogen-bond donors (Lipinski definition) is 1. The van der Waals surface area contributed by atoms with E-state index in [0.29, 0.717) is 16.5 Å². The Bertz CT molecular complexity index is 476. The quantitative estimate of drug-likeness (QED) is 0.840. The summed E-state index contributed by atoms with van der Waals surface area (Å²) in [5, 5.41) is 0.622. The molecule has 1 atom stereocenters. The Morgan fingerprint density at radius 2 is 2.21 bits per heavy atom. The van der Waals surface area contributed by atoms with Crippen molar-refractivity contribution < 1.29 is 4.79 Å². The number of carbonyl (C=O) groups is 1. The smallest absolute Gasteiger partial charge is 0.253 e. The Balaban J connectivity index is 2.21. The number of nitrogens with two attached hydrogens (primary N) is 1. The van der Waals surface area contributed by atoms with Crippen molar-refractivity contribution in [3.63, 3.8) is 0 Å². The fourth-order valence-electron chi connectivity index (χ4n) is 2.27. The molecule has 0 radical (unpaired) electrons. The lowest BCUT2D eigenvalue weighted by atomic mass is 10.1. The van der Waals surface area contributed by atoms with E-state index in [0.717, 1.165) is 24.5 Å². The third kappa shape index (κ3) is 3.15. The van der Waals surface area contributed by atoms with Gasteiger partial charge in [0.2, 0.25) is 0 Å². The molecule has 104 valence electrons. The molecule has 1 aromatic rings. The molecule has 1 amide bonds. The number of carbonyl (C=O) groups excluding carboxylic acids is 1. The minimum Gasteiger partial charge on any atom is -0.397 e. The highest BCUT2D eigenvalue weighted by Crippen LogP contribution is 2.29. The maximum atomic E-state index is 11.9. The van der Waals surface area contributed by atoms with E-state index in [1.807, 2.05) is 23.9 Å². The number of benzene rings is 1. The van der Waals surface area contributed by atoms with Crippen molar-refractivity contribution in [2.45, 2.75) is 12.2 Å². The van der Waals surface area contributed by atoms with E-state index in [9.17, 15) is 4.79 Å². The Morgan fingerprint density at radius 3 is 2.79 bits per heavy atom. The van der Waals surface area contributed by atoms with Crippen molar-refractivity contribution in [3.05, 3.63) is 23.8 Å². The van der Waals surface area contributed by atoms with Gasteiger partial charge in [-0.3, -0.25) is 4.79 Å². The van der Waals surface area contributed by atoms with Crippen LogP contribution in [0.4, 0.5) is 11.4 Å². The van der Waals surface area contributed by atoms with Crippen molar-refractivity contribution in [1.29, 1.82) is 0 Å². The van der Waals surface area contributed by atoms with Gasteiger partial charge in [0.05, 0.1) is 11.4 Å². The SMILES string of the molecule is CC1CN(c2ccc(C(=O)N(C)C)cc2N)CCS1. The maximum Gasteiger partial charge on any atom is 0.253 e. The van der Waals surface area contributed by atoms with Gasteiger partial charge in [0.1, 0.15) is 0 Å². The molecule has 2 rings (SSSR count). The maximum absolute atomic E-state index is 11.9. The fraction of sp³-hybridized carbons (Fsp3) is 0.500. The molecule has 0 aromatic heterocycles. The number of rotatable bonds is 2. The van der Waals surface area contributed by atoms with E-state index in [-0.39, 0.29) is 5.91 Å². The summed E-state index contributed by atoms with van der Waals surface area (Å²) < 4.78 is 0. The van der Waals surface area contributed by atoms with Crippen LogP contribution in [0.1, 0.15) is 17.3 Å². The monoisotopic (exact) mass is 279 g/mol. The lowest BCUT2D eigenvalue weighted by molar-refractivity contribution is 0.0827. The third-order valence-electron chi connectivity index (χ3n) is 3.26. The average molecular weight is 279 g/mol. The van der Waals surface area contributed by atoms with Gasteiger partial charge in [-0.2, -0.15) is 11.8 Å². The molecule has 19 heavy (non-hydrogen) atoms. The van der Waals surface area contributed by atoms with Crippen LogP contribution in [0.15, 0.2) is 18.2 Å². The summed E-state index contributed by atoms with van der Waals surface area (Å²) in [5.41, 5.74) is 8.49. The summed E-state index contributed by atoms with van der Waals surface area (Å²) >= 11 is 1.99. The van der Waals surface area contributed by atoms with Crippen LogP contribution in [-0.4, -0.2) is 49.0 Å². The second-order valence-electron chi connectivity index (χ2n) is 5.10. The molecular formula is C14H21N3OS. The zero-order chi connectivity index (χ0) is 14.0. The highest BCUT2D eigenvalue weighted by molar-refractivity contribution is 8.00. The molecular weight excluding hydrogens is 258 g/mol. The Hall–Kier alpha value is -1.36. The number of anilines is 2. The first-order chi connectivity index (χ1) is 8.99. The molecule has 0 spiro atoms. The molecule has 1 aromatic carbocycles. The van der Waals surface area contributed by atoms with Crippen LogP contribution in [0.5, 0.6) is 0 Å². The van der Waals surface area contributed by atoms with Crippen LogP contribution in [0.25, 0.3) is 0 Å². The molecule has 1 unspecified atom stereocenters. The van der Waals surface area contributed by atoms with Gasteiger partial charge in [-0.1, -0.05) is 6.92 Å². The Kier molecular flexibility index (Phi) is 4.24. The topological polar surface area (TPSA) is 49.6 Å². The zero-order valence-electron chi connectivity index (χ0n) is 11.7. The number of thioether (sulfide) groups is 1. The number of amides is 1. The molecule has 1 saturated heterocycles. The average Bonchev–Trinajstić information content (AvgIpc) is 2.37. The number of nitrogen functional groups attached to an aromatic ring is 1. The minimum atomic E-state index is -0.0131. The molecule has 0 aliphatic carbocycles. The Labute approximate surface area is 118 Å². The van der Waals surface area contributed by atoms with E-state index in [2.05, 4.69) is 11.8 Å². The van der Waals surface area contributed by atoms with Crippen molar-refractivity contribution in [2.24, 2.45) is 0 Å². The molecule has 2 N–H and O–H groups in total. The second kappa shape index (κ2) is 5.74. The van der Waals surface area contributed by atoms with Crippen LogP contribution < -0.4 is 10.6 Å². The highest BCUT2D eigenvalue weighted by atomic mass is 32.2. The standard InChI is InChI=1S/C14H21N3OS/c1-10-9-17(6-7-19-10)13-5-4-11(8-12(13)15)14(18)16(2)3/h4-5,8,10H,6-7,9,15H2,1-3H3. The number of nitrogens with zero attached hydrogens (tertiary/aromatic N) is 2. The highest BCUT2D eigenvalue weighted by Gasteiger charge is 2.19. The van der Waals surface area contributed by atoms with Crippen molar-refractivity contribution in [3.8, 4) is 0 Å². The van der Waals surface area contributed by atoms with E-state index in [4.69, 9.17) is 5.73 Å². The van der Waals surface area contributed by atoms with Crippen LogP contribution in [0.2, 0.25) is 0 Å². The summed E-state index contributed by atoms with van der Waals surface area (Å²) in [7, 11) is 3.49. The van der Waals surface area contributed by atoms with Gasteiger partial charge in [0.15, 0.2) is 0 Å². The summed E-state index contributed by atoms with van der Waals surface area (Å²) in [6, 6.07) is 5.61. The predicted octanol–water partition coefficient (Wildman–Crippen LogP) is 1.91. The first kappa shape index (κ1) is 14.1. The molecule has 5 heteroatoms. The normalized spacial score (nSPS) is 19.3. The molecule has 0 saturated carbocycles. The largest absolute Gasteiger partial charge is 0.397 e. The van der Waals surface area contributed by atoms with E-state index < -0.39 is 0 Å². The summed E-state index contributed by atoms with van der Waals surface area (Å²) in [5.74, 6) is 1.11. The van der Waals surface area contributed by atoms with Gasteiger partial charge >= 0.3 is 0 Å². The van der Waals surface area contributed by atoms with Crippen molar-refractivity contribution in [1.82, 2.24) is 4.90 Å². The second-order valence-corrected chi connectivity index (χ2v) is 6.65. The summed E-state index contributed by atoms with van der Waals surface area (Å²) in [6.07, 6.45) is 0. The van der Waals surface area contributed by atoms with Crippen LogP contribution in [0.3, 0.4) is 0 Å². The van der Waals surface area contributed by atoms with Crippen LogP contribution in [-0.2, 0) is 0 Å².